The van der Waals surface area contributed by atoms with Crippen molar-refractivity contribution >= 4 is 5.69 Å². The van der Waals surface area contributed by atoms with Crippen molar-refractivity contribution in [2.75, 3.05) is 5.73 Å². The topological polar surface area (TPSA) is 38.9 Å². The number of anilines is 1. The molecule has 2 N–H and O–H groups in total. The second-order valence-corrected chi connectivity index (χ2v) is 4.40. The molecular weight excluding hydrogens is 208 g/mol. The monoisotopic (exact) mass is 226 g/mol. The lowest BCUT2D eigenvalue weighted by atomic mass is 10.0. The van der Waals surface area contributed by atoms with Gasteiger partial charge in [-0.05, 0) is 36.6 Å². The van der Waals surface area contributed by atoms with E-state index in [1.807, 2.05) is 19.2 Å². The summed E-state index contributed by atoms with van der Waals surface area (Å²) in [5.74, 6) is 0. The van der Waals surface area contributed by atoms with Crippen LogP contribution in [-0.4, -0.2) is 4.98 Å². The number of hydrogen-bond acceptors (Lipinski definition) is 2. The lowest BCUT2D eigenvalue weighted by molar-refractivity contribution is 0.922. The largest absolute Gasteiger partial charge is 0.397 e. The van der Waals surface area contributed by atoms with Gasteiger partial charge in [-0.1, -0.05) is 31.5 Å². The molecule has 0 unspecified atom stereocenters. The van der Waals surface area contributed by atoms with Gasteiger partial charge in [-0.3, -0.25) is 4.98 Å². The summed E-state index contributed by atoms with van der Waals surface area (Å²) < 4.78 is 0. The van der Waals surface area contributed by atoms with Gasteiger partial charge in [-0.25, -0.2) is 0 Å². The van der Waals surface area contributed by atoms with Crippen LogP contribution >= 0.6 is 0 Å². The fraction of sp³-hybridized carbons (Fsp3) is 0.267. The van der Waals surface area contributed by atoms with E-state index in [1.54, 1.807) is 0 Å². The van der Waals surface area contributed by atoms with Gasteiger partial charge in [-0.2, -0.15) is 0 Å². The van der Waals surface area contributed by atoms with Crippen molar-refractivity contribution in [1.82, 2.24) is 4.98 Å². The normalized spacial score (nSPS) is 10.5. The Morgan fingerprint density at radius 2 is 2.06 bits per heavy atom. The molecule has 17 heavy (non-hydrogen) atoms. The van der Waals surface area contributed by atoms with E-state index in [0.29, 0.717) is 0 Å². The number of aromatic nitrogens is 1. The summed E-state index contributed by atoms with van der Waals surface area (Å²) >= 11 is 0. The van der Waals surface area contributed by atoms with Crippen molar-refractivity contribution in [2.45, 2.75) is 26.7 Å². The number of aryl methyl sites for hydroxylation is 2. The Bertz CT molecular complexity index is 518. The summed E-state index contributed by atoms with van der Waals surface area (Å²) in [6.45, 7) is 4.19. The van der Waals surface area contributed by atoms with E-state index in [9.17, 15) is 0 Å². The maximum Gasteiger partial charge on any atom is 0.0931 e. The molecule has 2 aromatic rings. The van der Waals surface area contributed by atoms with E-state index in [0.717, 1.165) is 35.3 Å². The van der Waals surface area contributed by atoms with Crippen LogP contribution in [0.5, 0.6) is 0 Å². The molecule has 88 valence electrons. The molecule has 0 radical (unpaired) electrons. The number of rotatable bonds is 3. The standard InChI is InChI=1S/C15H18N2/c1-3-5-12-6-4-7-13(9-12)15-14(16)8-11(2)10-17-15/h4,6-10H,3,5,16H2,1-2H3. The van der Waals surface area contributed by atoms with E-state index < -0.39 is 0 Å². The van der Waals surface area contributed by atoms with Crippen LogP contribution in [0, 0.1) is 6.92 Å². The third-order valence-electron chi connectivity index (χ3n) is 2.79. The summed E-state index contributed by atoms with van der Waals surface area (Å²) in [4.78, 5) is 4.42. The summed E-state index contributed by atoms with van der Waals surface area (Å²) in [6.07, 6.45) is 4.11. The van der Waals surface area contributed by atoms with Crippen molar-refractivity contribution in [3.8, 4) is 11.3 Å². The second kappa shape index (κ2) is 5.00. The van der Waals surface area contributed by atoms with Crippen LogP contribution in [0.1, 0.15) is 24.5 Å². The molecule has 0 spiro atoms. The number of nitrogen functional groups attached to an aromatic ring is 1. The molecule has 0 aliphatic rings. The SMILES string of the molecule is CCCc1cccc(-c2ncc(C)cc2N)c1. The predicted molar refractivity (Wildman–Crippen MR) is 72.8 cm³/mol. The molecule has 2 rings (SSSR count). The zero-order valence-electron chi connectivity index (χ0n) is 10.4. The maximum atomic E-state index is 6.01. The molecule has 0 saturated carbocycles. The Hall–Kier alpha value is -1.83. The molecule has 0 atom stereocenters. The van der Waals surface area contributed by atoms with E-state index in [4.69, 9.17) is 5.73 Å². The van der Waals surface area contributed by atoms with E-state index in [2.05, 4.69) is 36.2 Å². The highest BCUT2D eigenvalue weighted by atomic mass is 14.7. The minimum atomic E-state index is 0.749. The van der Waals surface area contributed by atoms with Crippen molar-refractivity contribution < 1.29 is 0 Å². The van der Waals surface area contributed by atoms with Crippen molar-refractivity contribution in [1.29, 1.82) is 0 Å². The Labute approximate surface area is 103 Å². The van der Waals surface area contributed by atoms with Crippen LogP contribution in [0.25, 0.3) is 11.3 Å². The predicted octanol–water partition coefficient (Wildman–Crippen LogP) is 3.59. The first kappa shape index (κ1) is 11.6. The molecule has 1 aromatic carbocycles. The van der Waals surface area contributed by atoms with Gasteiger partial charge in [0.15, 0.2) is 0 Å². The van der Waals surface area contributed by atoms with Gasteiger partial charge in [0.2, 0.25) is 0 Å². The van der Waals surface area contributed by atoms with Gasteiger partial charge in [0.25, 0.3) is 0 Å². The zero-order valence-corrected chi connectivity index (χ0v) is 10.4. The van der Waals surface area contributed by atoms with Crippen molar-refractivity contribution in [3.05, 3.63) is 47.7 Å². The van der Waals surface area contributed by atoms with Crippen LogP contribution in [0.3, 0.4) is 0 Å². The Balaban J connectivity index is 2.42. The summed E-state index contributed by atoms with van der Waals surface area (Å²) in [5.41, 5.74) is 11.2. The first-order valence-corrected chi connectivity index (χ1v) is 6.02. The number of hydrogen-bond donors (Lipinski definition) is 1. The lowest BCUT2D eigenvalue weighted by Gasteiger charge is -2.07. The van der Waals surface area contributed by atoms with Crippen LogP contribution in [0.4, 0.5) is 5.69 Å². The van der Waals surface area contributed by atoms with Crippen LogP contribution < -0.4 is 5.73 Å². The Morgan fingerprint density at radius 1 is 1.24 bits per heavy atom. The van der Waals surface area contributed by atoms with E-state index >= 15 is 0 Å². The van der Waals surface area contributed by atoms with Crippen molar-refractivity contribution in [3.63, 3.8) is 0 Å². The first-order chi connectivity index (χ1) is 8.20. The fourth-order valence-electron chi connectivity index (χ4n) is 2.00. The summed E-state index contributed by atoms with van der Waals surface area (Å²) in [7, 11) is 0. The third kappa shape index (κ3) is 2.64. The minimum Gasteiger partial charge on any atom is -0.397 e. The average Bonchev–Trinajstić information content (AvgIpc) is 2.29. The smallest absolute Gasteiger partial charge is 0.0931 e. The third-order valence-corrected chi connectivity index (χ3v) is 2.79. The molecule has 2 heteroatoms. The van der Waals surface area contributed by atoms with E-state index in [1.165, 1.54) is 5.56 Å². The van der Waals surface area contributed by atoms with E-state index in [-0.39, 0.29) is 0 Å². The number of pyridine rings is 1. The molecule has 1 aromatic heterocycles. The van der Waals surface area contributed by atoms with Gasteiger partial charge in [0.05, 0.1) is 11.4 Å². The molecular formula is C15H18N2. The summed E-state index contributed by atoms with van der Waals surface area (Å²) in [5, 5.41) is 0. The average molecular weight is 226 g/mol. The van der Waals surface area contributed by atoms with Gasteiger partial charge in [0, 0.05) is 11.8 Å². The van der Waals surface area contributed by atoms with Crippen LogP contribution in [-0.2, 0) is 6.42 Å². The molecule has 2 nitrogen and oxygen atoms in total. The Kier molecular flexibility index (Phi) is 3.43. The van der Waals surface area contributed by atoms with Gasteiger partial charge in [0.1, 0.15) is 0 Å². The van der Waals surface area contributed by atoms with Crippen molar-refractivity contribution in [2.24, 2.45) is 0 Å². The molecule has 0 aliphatic carbocycles. The highest BCUT2D eigenvalue weighted by molar-refractivity contribution is 5.73. The molecule has 1 heterocycles. The second-order valence-electron chi connectivity index (χ2n) is 4.40. The van der Waals surface area contributed by atoms with Gasteiger partial charge in [-0.15, -0.1) is 0 Å². The van der Waals surface area contributed by atoms with Crippen LogP contribution in [0.15, 0.2) is 36.5 Å². The maximum absolute atomic E-state index is 6.01. The van der Waals surface area contributed by atoms with Gasteiger partial charge >= 0.3 is 0 Å². The van der Waals surface area contributed by atoms with Crippen LogP contribution in [0.2, 0.25) is 0 Å². The molecule has 0 bridgehead atoms. The number of benzene rings is 1. The molecule has 0 amide bonds. The first-order valence-electron chi connectivity index (χ1n) is 6.02. The zero-order chi connectivity index (χ0) is 12.3. The molecule has 0 aliphatic heterocycles. The lowest BCUT2D eigenvalue weighted by Crippen LogP contribution is -1.95. The Morgan fingerprint density at radius 3 is 2.76 bits per heavy atom. The van der Waals surface area contributed by atoms with Gasteiger partial charge < -0.3 is 5.73 Å². The highest BCUT2D eigenvalue weighted by Crippen LogP contribution is 2.25. The fourth-order valence-corrected chi connectivity index (χ4v) is 2.00. The summed E-state index contributed by atoms with van der Waals surface area (Å²) in [6, 6.07) is 10.4. The number of nitrogens with two attached hydrogens (primary N) is 1. The number of nitrogens with zero attached hydrogens (tertiary/aromatic N) is 1. The quantitative estimate of drug-likeness (QED) is 0.868. The highest BCUT2D eigenvalue weighted by Gasteiger charge is 2.05. The molecule has 0 saturated heterocycles. The minimum absolute atomic E-state index is 0.749. The molecule has 0 fully saturated rings.